The molecule has 0 amide bonds. The van der Waals surface area contributed by atoms with E-state index in [-0.39, 0.29) is 0 Å². The molecule has 0 fully saturated rings. The maximum Gasteiger partial charge on any atom is 0.158 e. The van der Waals surface area contributed by atoms with Crippen molar-refractivity contribution in [3.63, 3.8) is 0 Å². The lowest BCUT2D eigenvalue weighted by molar-refractivity contribution is 0.126. The summed E-state index contributed by atoms with van der Waals surface area (Å²) in [5.41, 5.74) is 0.317. The molecule has 0 spiro atoms. The fourth-order valence-corrected chi connectivity index (χ4v) is 1.08. The predicted octanol–water partition coefficient (Wildman–Crippen LogP) is 0.338. The third kappa shape index (κ3) is 5.80. The zero-order valence-electron chi connectivity index (χ0n) is 10.2. The molecule has 17 heavy (non-hydrogen) atoms. The minimum absolute atomic E-state index is 0.317. The van der Waals surface area contributed by atoms with Crippen molar-refractivity contribution >= 4 is 5.82 Å². The first-order chi connectivity index (χ1) is 8.22. The van der Waals surface area contributed by atoms with Gasteiger partial charge in [0.25, 0.3) is 0 Å². The fourth-order valence-electron chi connectivity index (χ4n) is 1.08. The second-order valence-electron chi connectivity index (χ2n) is 3.74. The molecule has 0 radical (unpaired) electrons. The van der Waals surface area contributed by atoms with E-state index in [0.717, 1.165) is 6.54 Å². The van der Waals surface area contributed by atoms with Crippen molar-refractivity contribution < 1.29 is 4.74 Å². The Morgan fingerprint density at radius 1 is 1.35 bits per heavy atom. The quantitative estimate of drug-likeness (QED) is 0.687. The van der Waals surface area contributed by atoms with Crippen LogP contribution in [0.1, 0.15) is 5.69 Å². The van der Waals surface area contributed by atoms with Crippen molar-refractivity contribution in [3.05, 3.63) is 18.1 Å². The summed E-state index contributed by atoms with van der Waals surface area (Å²) in [5.74, 6) is 0.653. The van der Waals surface area contributed by atoms with Crippen LogP contribution in [0.2, 0.25) is 0 Å². The number of hydrogen-bond acceptors (Lipinski definition) is 6. The van der Waals surface area contributed by atoms with Crippen LogP contribution in [0.25, 0.3) is 0 Å². The largest absolute Gasteiger partial charge is 0.378 e. The van der Waals surface area contributed by atoms with E-state index in [0.29, 0.717) is 31.3 Å². The van der Waals surface area contributed by atoms with E-state index in [9.17, 15) is 0 Å². The van der Waals surface area contributed by atoms with Gasteiger partial charge in [-0.15, -0.1) is 0 Å². The van der Waals surface area contributed by atoms with E-state index in [1.54, 1.807) is 6.20 Å². The Kier molecular flexibility index (Phi) is 5.93. The van der Waals surface area contributed by atoms with E-state index in [4.69, 9.17) is 10.00 Å². The zero-order valence-corrected chi connectivity index (χ0v) is 10.2. The molecule has 0 aliphatic rings. The molecule has 1 rings (SSSR count). The van der Waals surface area contributed by atoms with E-state index in [1.807, 2.05) is 20.2 Å². The van der Waals surface area contributed by atoms with Crippen LogP contribution in [0.3, 0.4) is 0 Å². The highest BCUT2D eigenvalue weighted by Crippen LogP contribution is 1.99. The lowest BCUT2D eigenvalue weighted by Gasteiger charge is -2.10. The summed E-state index contributed by atoms with van der Waals surface area (Å²) in [5, 5.41) is 11.6. The van der Waals surface area contributed by atoms with Gasteiger partial charge in [0.2, 0.25) is 0 Å². The second kappa shape index (κ2) is 7.54. The van der Waals surface area contributed by atoms with E-state index >= 15 is 0 Å². The average molecular weight is 235 g/mol. The molecule has 0 saturated heterocycles. The van der Waals surface area contributed by atoms with Crippen LogP contribution in [0.4, 0.5) is 5.82 Å². The first-order valence-corrected chi connectivity index (χ1v) is 5.41. The van der Waals surface area contributed by atoms with Gasteiger partial charge in [-0.3, -0.25) is 0 Å². The molecule has 1 aromatic rings. The molecular formula is C11H17N5O. The van der Waals surface area contributed by atoms with E-state index in [2.05, 4.69) is 20.2 Å². The maximum atomic E-state index is 8.55. The number of hydrogen-bond donors (Lipinski definition) is 1. The molecule has 1 aromatic heterocycles. The second-order valence-corrected chi connectivity index (χ2v) is 3.74. The van der Waals surface area contributed by atoms with Crippen molar-refractivity contribution in [3.8, 4) is 6.07 Å². The summed E-state index contributed by atoms with van der Waals surface area (Å²) in [6.45, 7) is 2.92. The summed E-state index contributed by atoms with van der Waals surface area (Å²) in [6.07, 6.45) is 2.98. The van der Waals surface area contributed by atoms with Crippen LogP contribution >= 0.6 is 0 Å². The van der Waals surface area contributed by atoms with Crippen molar-refractivity contribution in [1.82, 2.24) is 14.9 Å². The van der Waals surface area contributed by atoms with Crippen LogP contribution in [0.5, 0.6) is 0 Å². The zero-order chi connectivity index (χ0) is 12.5. The number of anilines is 1. The molecule has 6 heteroatoms. The molecule has 0 saturated carbocycles. The summed E-state index contributed by atoms with van der Waals surface area (Å²) < 4.78 is 5.41. The summed E-state index contributed by atoms with van der Waals surface area (Å²) in [7, 11) is 4.02. The van der Waals surface area contributed by atoms with Gasteiger partial charge in [0.15, 0.2) is 5.69 Å². The number of nitrogens with one attached hydrogen (secondary N) is 1. The SMILES string of the molecule is CN(C)CCOCCNc1cnc(C#N)cn1. The molecule has 0 aliphatic heterocycles. The Morgan fingerprint density at radius 3 is 2.76 bits per heavy atom. The molecule has 0 bridgehead atoms. The average Bonchev–Trinajstić information content (AvgIpc) is 2.34. The standard InChI is InChI=1S/C11H17N5O/c1-16(2)4-6-17-5-3-13-11-9-14-10(7-12)8-15-11/h8-9H,3-6H2,1-2H3,(H,13,15). The summed E-state index contributed by atoms with van der Waals surface area (Å²) >= 11 is 0. The van der Waals surface area contributed by atoms with Crippen LogP contribution in [-0.2, 0) is 4.74 Å². The highest BCUT2D eigenvalue weighted by Gasteiger charge is 1.96. The van der Waals surface area contributed by atoms with Gasteiger partial charge < -0.3 is 15.0 Å². The first-order valence-electron chi connectivity index (χ1n) is 5.41. The fraction of sp³-hybridized carbons (Fsp3) is 0.545. The Labute approximate surface area is 101 Å². The van der Waals surface area contributed by atoms with Gasteiger partial charge in [-0.1, -0.05) is 0 Å². The lowest BCUT2D eigenvalue weighted by atomic mass is 10.5. The van der Waals surface area contributed by atoms with Crippen LogP contribution in [0.15, 0.2) is 12.4 Å². The minimum atomic E-state index is 0.317. The lowest BCUT2D eigenvalue weighted by Crippen LogP contribution is -2.20. The molecule has 92 valence electrons. The van der Waals surface area contributed by atoms with Gasteiger partial charge in [0.05, 0.1) is 25.6 Å². The van der Waals surface area contributed by atoms with E-state index < -0.39 is 0 Å². The van der Waals surface area contributed by atoms with Crippen molar-refractivity contribution in [2.75, 3.05) is 45.7 Å². The highest BCUT2D eigenvalue weighted by molar-refractivity contribution is 5.32. The number of likely N-dealkylation sites (N-methyl/N-ethyl adjacent to an activating group) is 1. The van der Waals surface area contributed by atoms with Crippen LogP contribution in [0, 0.1) is 11.3 Å². The van der Waals surface area contributed by atoms with Crippen LogP contribution in [-0.4, -0.2) is 55.3 Å². The van der Waals surface area contributed by atoms with Gasteiger partial charge in [0, 0.05) is 13.1 Å². The number of rotatable bonds is 7. The smallest absolute Gasteiger partial charge is 0.158 e. The third-order valence-corrected chi connectivity index (χ3v) is 2.00. The molecule has 0 aromatic carbocycles. The highest BCUT2D eigenvalue weighted by atomic mass is 16.5. The van der Waals surface area contributed by atoms with Crippen molar-refractivity contribution in [2.45, 2.75) is 0 Å². The van der Waals surface area contributed by atoms with Crippen LogP contribution < -0.4 is 5.32 Å². The molecule has 0 aliphatic carbocycles. The number of nitriles is 1. The molecule has 1 heterocycles. The molecule has 0 unspecified atom stereocenters. The topological polar surface area (TPSA) is 74.1 Å². The van der Waals surface area contributed by atoms with Gasteiger partial charge in [-0.25, -0.2) is 9.97 Å². The first kappa shape index (κ1) is 13.4. The van der Waals surface area contributed by atoms with Gasteiger partial charge >= 0.3 is 0 Å². The molecule has 0 atom stereocenters. The Bertz CT molecular complexity index is 357. The van der Waals surface area contributed by atoms with E-state index in [1.165, 1.54) is 6.20 Å². The Hall–Kier alpha value is -1.71. The van der Waals surface area contributed by atoms with Gasteiger partial charge in [-0.2, -0.15) is 5.26 Å². The normalized spacial score (nSPS) is 10.2. The predicted molar refractivity (Wildman–Crippen MR) is 64.6 cm³/mol. The number of ether oxygens (including phenoxy) is 1. The molecule has 1 N–H and O–H groups in total. The third-order valence-electron chi connectivity index (χ3n) is 2.00. The Balaban J connectivity index is 2.12. The maximum absolute atomic E-state index is 8.55. The molecule has 6 nitrogen and oxygen atoms in total. The monoisotopic (exact) mass is 235 g/mol. The summed E-state index contributed by atoms with van der Waals surface area (Å²) in [6, 6.07) is 1.92. The summed E-state index contributed by atoms with van der Waals surface area (Å²) in [4.78, 5) is 10.0. The number of aromatic nitrogens is 2. The van der Waals surface area contributed by atoms with Gasteiger partial charge in [0.1, 0.15) is 11.9 Å². The van der Waals surface area contributed by atoms with Crippen molar-refractivity contribution in [1.29, 1.82) is 5.26 Å². The van der Waals surface area contributed by atoms with Gasteiger partial charge in [-0.05, 0) is 14.1 Å². The molecular weight excluding hydrogens is 218 g/mol. The van der Waals surface area contributed by atoms with Crippen molar-refractivity contribution in [2.24, 2.45) is 0 Å². The Morgan fingerprint density at radius 2 is 2.18 bits per heavy atom. The number of nitrogens with zero attached hydrogens (tertiary/aromatic N) is 4. The minimum Gasteiger partial charge on any atom is -0.378 e.